The number of carbonyl (C=O) groups excluding carboxylic acids is 1. The van der Waals surface area contributed by atoms with Gasteiger partial charge >= 0.3 is 0 Å². The number of aryl methyl sites for hydroxylation is 1. The van der Waals surface area contributed by atoms with E-state index in [4.69, 9.17) is 6.42 Å². The minimum absolute atomic E-state index is 0.0304. The lowest BCUT2D eigenvalue weighted by Crippen LogP contribution is -2.25. The number of terminal acetylenes is 1. The van der Waals surface area contributed by atoms with Crippen molar-refractivity contribution in [3.63, 3.8) is 0 Å². The molecule has 1 fully saturated rings. The van der Waals surface area contributed by atoms with Gasteiger partial charge in [0.25, 0.3) is 0 Å². The van der Waals surface area contributed by atoms with Crippen molar-refractivity contribution in [2.45, 2.75) is 13.3 Å². The molecule has 2 aromatic rings. The van der Waals surface area contributed by atoms with Crippen LogP contribution in [0.4, 0.5) is 5.82 Å². The van der Waals surface area contributed by atoms with Crippen LogP contribution in [0.5, 0.6) is 0 Å². The van der Waals surface area contributed by atoms with E-state index in [1.807, 2.05) is 31.2 Å². The van der Waals surface area contributed by atoms with Gasteiger partial charge in [-0.2, -0.15) is 5.10 Å². The highest BCUT2D eigenvalue weighted by molar-refractivity contribution is 9.10. The lowest BCUT2D eigenvalue weighted by molar-refractivity contribution is -0.117. The third kappa shape index (κ3) is 2.47. The van der Waals surface area contributed by atoms with Crippen molar-refractivity contribution in [1.82, 2.24) is 10.2 Å². The number of nitrogens with one attached hydrogen (secondary N) is 1. The lowest BCUT2D eigenvalue weighted by atomic mass is 10.1. The molecule has 2 heterocycles. The van der Waals surface area contributed by atoms with Crippen LogP contribution in [-0.4, -0.2) is 22.6 Å². The van der Waals surface area contributed by atoms with E-state index < -0.39 is 0 Å². The first kappa shape index (κ1) is 13.9. The number of nitrogens with zero attached hydrogens (tertiary/aromatic N) is 2. The molecule has 1 amide bonds. The average molecular weight is 344 g/mol. The number of aromatic nitrogens is 2. The molecule has 1 aliphatic heterocycles. The van der Waals surface area contributed by atoms with Gasteiger partial charge in [0, 0.05) is 34.6 Å². The van der Waals surface area contributed by atoms with Crippen molar-refractivity contribution in [3.05, 3.63) is 34.4 Å². The Labute approximate surface area is 131 Å². The van der Waals surface area contributed by atoms with Crippen molar-refractivity contribution in [2.24, 2.45) is 5.92 Å². The summed E-state index contributed by atoms with van der Waals surface area (Å²) in [5.41, 5.74) is 2.91. The molecule has 1 aliphatic rings. The molecule has 1 aromatic heterocycles. The van der Waals surface area contributed by atoms with Gasteiger partial charge in [-0.15, -0.1) is 12.3 Å². The van der Waals surface area contributed by atoms with E-state index in [9.17, 15) is 4.79 Å². The molecule has 1 N–H and O–H groups in total. The fourth-order valence-electron chi connectivity index (χ4n) is 2.60. The molecule has 5 heteroatoms. The fourth-order valence-corrected chi connectivity index (χ4v) is 2.86. The monoisotopic (exact) mass is 343 g/mol. The van der Waals surface area contributed by atoms with E-state index in [1.165, 1.54) is 0 Å². The van der Waals surface area contributed by atoms with Crippen LogP contribution in [0.15, 0.2) is 28.7 Å². The number of carbonyl (C=O) groups is 1. The Morgan fingerprint density at radius 1 is 1.43 bits per heavy atom. The highest BCUT2D eigenvalue weighted by Gasteiger charge is 2.33. The minimum Gasteiger partial charge on any atom is -0.294 e. The van der Waals surface area contributed by atoms with Gasteiger partial charge in [0.05, 0.1) is 0 Å². The van der Waals surface area contributed by atoms with Gasteiger partial charge in [-0.25, -0.2) is 0 Å². The van der Waals surface area contributed by atoms with Gasteiger partial charge < -0.3 is 0 Å². The highest BCUT2D eigenvalue weighted by atomic mass is 79.9. The quantitative estimate of drug-likeness (QED) is 0.851. The van der Waals surface area contributed by atoms with Crippen LogP contribution in [-0.2, 0) is 4.79 Å². The largest absolute Gasteiger partial charge is 0.294 e. The van der Waals surface area contributed by atoms with Crippen molar-refractivity contribution < 1.29 is 4.79 Å². The number of benzene rings is 1. The van der Waals surface area contributed by atoms with E-state index >= 15 is 0 Å². The van der Waals surface area contributed by atoms with E-state index in [1.54, 1.807) is 4.90 Å². The molecule has 1 atom stereocenters. The zero-order chi connectivity index (χ0) is 15.0. The summed E-state index contributed by atoms with van der Waals surface area (Å²) in [6.07, 6.45) is 5.84. The Kier molecular flexibility index (Phi) is 3.56. The zero-order valence-corrected chi connectivity index (χ0v) is 13.1. The first-order chi connectivity index (χ1) is 10.1. The van der Waals surface area contributed by atoms with E-state index in [0.717, 1.165) is 21.3 Å². The Balaban J connectivity index is 2.04. The minimum atomic E-state index is -0.0349. The summed E-state index contributed by atoms with van der Waals surface area (Å²) in [5, 5.41) is 7.29. The van der Waals surface area contributed by atoms with Crippen LogP contribution in [0.1, 0.15) is 12.1 Å². The van der Waals surface area contributed by atoms with Crippen LogP contribution < -0.4 is 4.90 Å². The van der Waals surface area contributed by atoms with Gasteiger partial charge in [0.1, 0.15) is 0 Å². The second-order valence-electron chi connectivity index (χ2n) is 5.13. The number of hydrogen-bond donors (Lipinski definition) is 1. The average Bonchev–Trinajstić information content (AvgIpc) is 3.03. The van der Waals surface area contributed by atoms with E-state index in [2.05, 4.69) is 32.0 Å². The maximum absolute atomic E-state index is 12.2. The predicted octanol–water partition coefficient (Wildman–Crippen LogP) is 3.13. The Morgan fingerprint density at radius 2 is 2.14 bits per heavy atom. The molecule has 0 bridgehead atoms. The number of anilines is 1. The molecular formula is C16H14BrN3O. The maximum Gasteiger partial charge on any atom is 0.229 e. The number of halogens is 1. The number of aromatic amines is 1. The molecule has 0 radical (unpaired) electrons. The van der Waals surface area contributed by atoms with Crippen LogP contribution in [0, 0.1) is 25.2 Å². The van der Waals surface area contributed by atoms with E-state index in [-0.39, 0.29) is 11.8 Å². The van der Waals surface area contributed by atoms with Gasteiger partial charge in [-0.3, -0.25) is 14.8 Å². The van der Waals surface area contributed by atoms with Gasteiger partial charge in [-0.1, -0.05) is 28.1 Å². The second-order valence-corrected chi connectivity index (χ2v) is 6.04. The molecular weight excluding hydrogens is 330 g/mol. The first-order valence-corrected chi connectivity index (χ1v) is 7.47. The fraction of sp³-hybridized carbons (Fsp3) is 0.250. The van der Waals surface area contributed by atoms with Crippen LogP contribution in [0.25, 0.3) is 11.1 Å². The number of hydrogen-bond acceptors (Lipinski definition) is 2. The predicted molar refractivity (Wildman–Crippen MR) is 85.8 cm³/mol. The second kappa shape index (κ2) is 5.38. The Bertz CT molecular complexity index is 727. The molecule has 3 rings (SSSR count). The Morgan fingerprint density at radius 3 is 2.76 bits per heavy atom. The van der Waals surface area contributed by atoms with Crippen LogP contribution in [0.3, 0.4) is 0 Å². The molecule has 0 spiro atoms. The molecule has 0 aliphatic carbocycles. The molecule has 21 heavy (non-hydrogen) atoms. The Hall–Kier alpha value is -2.06. The van der Waals surface area contributed by atoms with Crippen LogP contribution in [0.2, 0.25) is 0 Å². The van der Waals surface area contributed by atoms with Crippen LogP contribution >= 0.6 is 15.9 Å². The zero-order valence-electron chi connectivity index (χ0n) is 11.6. The molecule has 1 unspecified atom stereocenters. The van der Waals surface area contributed by atoms with Crippen molar-refractivity contribution in [1.29, 1.82) is 0 Å². The van der Waals surface area contributed by atoms with Gasteiger partial charge in [0.2, 0.25) is 5.91 Å². The summed E-state index contributed by atoms with van der Waals surface area (Å²) < 4.78 is 1.01. The molecule has 1 saturated heterocycles. The van der Waals surface area contributed by atoms with Crippen molar-refractivity contribution >= 4 is 27.7 Å². The molecule has 0 saturated carbocycles. The standard InChI is InChI=1S/C16H14BrN3O/c1-3-11-8-14(21)20(9-11)16-15(10(2)18-19-16)12-4-6-13(17)7-5-12/h1,4-7,11H,8-9H2,2H3,(H,18,19). The summed E-state index contributed by atoms with van der Waals surface area (Å²) >= 11 is 3.43. The number of amides is 1. The van der Waals surface area contributed by atoms with Gasteiger partial charge in [-0.05, 0) is 24.6 Å². The lowest BCUT2D eigenvalue weighted by Gasteiger charge is -2.15. The summed E-state index contributed by atoms with van der Waals surface area (Å²) in [6.45, 7) is 2.48. The normalized spacial score (nSPS) is 18.0. The molecule has 1 aromatic carbocycles. The van der Waals surface area contributed by atoms with Crippen molar-refractivity contribution in [3.8, 4) is 23.5 Å². The summed E-state index contributed by atoms with van der Waals surface area (Å²) in [7, 11) is 0. The SMILES string of the molecule is C#CC1CC(=O)N(c2n[nH]c(C)c2-c2ccc(Br)cc2)C1. The summed E-state index contributed by atoms with van der Waals surface area (Å²) in [5.74, 6) is 3.32. The number of H-pyrrole nitrogens is 1. The topological polar surface area (TPSA) is 49.0 Å². The van der Waals surface area contributed by atoms with E-state index in [0.29, 0.717) is 18.8 Å². The summed E-state index contributed by atoms with van der Waals surface area (Å²) in [6, 6.07) is 7.96. The van der Waals surface area contributed by atoms with Crippen molar-refractivity contribution in [2.75, 3.05) is 11.4 Å². The molecule has 106 valence electrons. The molecule has 4 nitrogen and oxygen atoms in total. The smallest absolute Gasteiger partial charge is 0.229 e. The first-order valence-electron chi connectivity index (χ1n) is 6.67. The van der Waals surface area contributed by atoms with Gasteiger partial charge in [0.15, 0.2) is 5.82 Å². The highest BCUT2D eigenvalue weighted by Crippen LogP contribution is 2.35. The number of rotatable bonds is 2. The maximum atomic E-state index is 12.2. The summed E-state index contributed by atoms with van der Waals surface area (Å²) in [4.78, 5) is 13.8. The third-order valence-electron chi connectivity index (χ3n) is 3.68. The third-order valence-corrected chi connectivity index (χ3v) is 4.21.